The summed E-state index contributed by atoms with van der Waals surface area (Å²) in [6.45, 7) is 0. The summed E-state index contributed by atoms with van der Waals surface area (Å²) in [5.41, 5.74) is 21.4. The Bertz CT molecular complexity index is 4100. The fourth-order valence-corrected chi connectivity index (χ4v) is 11.9. The molecule has 342 valence electrons. The Hall–Kier alpha value is -9.50. The molecule has 0 bridgehead atoms. The van der Waals surface area contributed by atoms with E-state index in [1.54, 1.807) is 0 Å². The van der Waals surface area contributed by atoms with E-state index in [0.29, 0.717) is 0 Å². The van der Waals surface area contributed by atoms with Gasteiger partial charge in [0.1, 0.15) is 11.2 Å². The van der Waals surface area contributed by atoms with Crippen LogP contribution in [0.5, 0.6) is 0 Å². The van der Waals surface area contributed by atoms with Crippen molar-refractivity contribution in [2.45, 2.75) is 5.41 Å². The maximum atomic E-state index is 6.81. The van der Waals surface area contributed by atoms with Gasteiger partial charge in [0.15, 0.2) is 0 Å². The van der Waals surface area contributed by atoms with Crippen molar-refractivity contribution in [2.75, 3.05) is 4.90 Å². The first-order valence-corrected chi connectivity index (χ1v) is 25.2. The standard InChI is InChI=1S/C71H47NO/c1-5-19-48(20-6-1)50-33-35-53(36-34-50)68-67(61-28-13-14-29-62(61)70-69(68)63-30-16-18-32-66(63)73-70)52-39-43-57(44-40-52)72(56-41-37-51(38-42-56)49-21-7-2-8-22-49)58-45-46-60-59-27-15-17-31-64(59)71(65(60)47-58,54-23-9-3-10-24-54)55-25-11-4-12-26-55/h1-47H. The molecule has 0 radical (unpaired) electrons. The SMILES string of the molecule is c1ccc(-c2ccc(-c3c(-c4ccc(N(c5ccc(-c6ccccc6)cc5)c5ccc6c(c5)C(c5ccccc5)(c5ccccc5)c5ccccc5-6)cc4)c4ccccc4c4oc5ccccc5c34)cc2)cc1. The molecule has 0 saturated heterocycles. The van der Waals surface area contributed by atoms with Crippen LogP contribution in [0.4, 0.5) is 17.1 Å². The van der Waals surface area contributed by atoms with Gasteiger partial charge in [0.25, 0.3) is 0 Å². The van der Waals surface area contributed by atoms with E-state index < -0.39 is 5.41 Å². The molecule has 0 unspecified atom stereocenters. The largest absolute Gasteiger partial charge is 0.455 e. The first kappa shape index (κ1) is 42.4. The van der Waals surface area contributed by atoms with Gasteiger partial charge in [-0.05, 0) is 120 Å². The van der Waals surface area contributed by atoms with Crippen molar-refractivity contribution in [3.63, 3.8) is 0 Å². The third kappa shape index (κ3) is 6.87. The summed E-state index contributed by atoms with van der Waals surface area (Å²) in [5, 5.41) is 4.47. The van der Waals surface area contributed by atoms with E-state index in [1.807, 2.05) is 0 Å². The van der Waals surface area contributed by atoms with Crippen LogP contribution in [-0.2, 0) is 5.41 Å². The van der Waals surface area contributed by atoms with Gasteiger partial charge in [-0.2, -0.15) is 0 Å². The predicted octanol–water partition coefficient (Wildman–Crippen LogP) is 19.2. The van der Waals surface area contributed by atoms with E-state index in [2.05, 4.69) is 290 Å². The third-order valence-corrected chi connectivity index (χ3v) is 15.2. The highest BCUT2D eigenvalue weighted by atomic mass is 16.3. The Balaban J connectivity index is 0.979. The first-order valence-electron chi connectivity index (χ1n) is 25.2. The Morgan fingerprint density at radius 3 is 1.33 bits per heavy atom. The van der Waals surface area contributed by atoms with Gasteiger partial charge >= 0.3 is 0 Å². The van der Waals surface area contributed by atoms with E-state index in [-0.39, 0.29) is 0 Å². The lowest BCUT2D eigenvalue weighted by molar-refractivity contribution is 0.673. The van der Waals surface area contributed by atoms with E-state index in [0.717, 1.165) is 66.5 Å². The summed E-state index contributed by atoms with van der Waals surface area (Å²) in [5.74, 6) is 0. The summed E-state index contributed by atoms with van der Waals surface area (Å²) in [6.07, 6.45) is 0. The molecule has 0 aliphatic heterocycles. The van der Waals surface area contributed by atoms with Crippen LogP contribution in [0.1, 0.15) is 22.3 Å². The first-order chi connectivity index (χ1) is 36.2. The second kappa shape index (κ2) is 17.4. The quantitative estimate of drug-likeness (QED) is 0.143. The molecular formula is C71H47NO. The summed E-state index contributed by atoms with van der Waals surface area (Å²) >= 11 is 0. The second-order valence-electron chi connectivity index (χ2n) is 19.1. The van der Waals surface area contributed by atoms with Crippen molar-refractivity contribution < 1.29 is 4.42 Å². The van der Waals surface area contributed by atoms with Gasteiger partial charge in [-0.25, -0.2) is 0 Å². The molecule has 12 aromatic carbocycles. The molecule has 0 spiro atoms. The Morgan fingerprint density at radius 1 is 0.288 bits per heavy atom. The average molecular weight is 930 g/mol. The normalized spacial score (nSPS) is 12.5. The number of anilines is 3. The molecule has 0 atom stereocenters. The van der Waals surface area contributed by atoms with Crippen molar-refractivity contribution in [1.29, 1.82) is 0 Å². The number of hydrogen-bond acceptors (Lipinski definition) is 2. The fraction of sp³-hybridized carbons (Fsp3) is 0.0141. The average Bonchev–Trinajstić information content (AvgIpc) is 4.05. The van der Waals surface area contributed by atoms with Crippen molar-refractivity contribution >= 4 is 49.8 Å². The van der Waals surface area contributed by atoms with Gasteiger partial charge < -0.3 is 9.32 Å². The number of hydrogen-bond donors (Lipinski definition) is 0. The third-order valence-electron chi connectivity index (χ3n) is 15.2. The minimum atomic E-state index is -0.538. The van der Waals surface area contributed by atoms with Crippen LogP contribution in [0.15, 0.2) is 290 Å². The lowest BCUT2D eigenvalue weighted by Crippen LogP contribution is -2.28. The van der Waals surface area contributed by atoms with Gasteiger partial charge in [0.05, 0.1) is 5.41 Å². The molecule has 73 heavy (non-hydrogen) atoms. The van der Waals surface area contributed by atoms with Crippen LogP contribution in [0.25, 0.3) is 88.3 Å². The minimum absolute atomic E-state index is 0.538. The highest BCUT2D eigenvalue weighted by Gasteiger charge is 2.46. The van der Waals surface area contributed by atoms with Crippen molar-refractivity contribution in [1.82, 2.24) is 0 Å². The number of furan rings is 1. The van der Waals surface area contributed by atoms with Crippen molar-refractivity contribution in [3.8, 4) is 55.6 Å². The lowest BCUT2D eigenvalue weighted by Gasteiger charge is -2.35. The highest BCUT2D eigenvalue weighted by Crippen LogP contribution is 2.57. The lowest BCUT2D eigenvalue weighted by atomic mass is 9.67. The van der Waals surface area contributed by atoms with Crippen LogP contribution >= 0.6 is 0 Å². The number of benzene rings is 12. The van der Waals surface area contributed by atoms with E-state index in [1.165, 1.54) is 61.2 Å². The maximum Gasteiger partial charge on any atom is 0.143 e. The molecule has 0 amide bonds. The predicted molar refractivity (Wildman–Crippen MR) is 305 cm³/mol. The van der Waals surface area contributed by atoms with Gasteiger partial charge in [-0.15, -0.1) is 0 Å². The Morgan fingerprint density at radius 2 is 0.712 bits per heavy atom. The van der Waals surface area contributed by atoms with Crippen LogP contribution in [0.2, 0.25) is 0 Å². The zero-order valence-electron chi connectivity index (χ0n) is 40.0. The molecule has 0 N–H and O–H groups in total. The molecule has 2 heteroatoms. The summed E-state index contributed by atoms with van der Waals surface area (Å²) in [4.78, 5) is 2.43. The molecule has 1 aromatic heterocycles. The Labute approximate surface area is 425 Å². The van der Waals surface area contributed by atoms with E-state index in [4.69, 9.17) is 4.42 Å². The molecule has 1 aliphatic carbocycles. The zero-order chi connectivity index (χ0) is 48.3. The Kier molecular flexibility index (Phi) is 10.1. The molecule has 13 aromatic rings. The highest BCUT2D eigenvalue weighted by molar-refractivity contribution is 6.26. The van der Waals surface area contributed by atoms with Crippen LogP contribution in [0.3, 0.4) is 0 Å². The van der Waals surface area contributed by atoms with Crippen molar-refractivity contribution in [3.05, 3.63) is 307 Å². The van der Waals surface area contributed by atoms with Gasteiger partial charge in [-0.1, -0.05) is 243 Å². The smallest absolute Gasteiger partial charge is 0.143 e. The van der Waals surface area contributed by atoms with Gasteiger partial charge in [0.2, 0.25) is 0 Å². The van der Waals surface area contributed by atoms with Crippen molar-refractivity contribution in [2.24, 2.45) is 0 Å². The molecule has 1 heterocycles. The minimum Gasteiger partial charge on any atom is -0.455 e. The van der Waals surface area contributed by atoms with Crippen LogP contribution in [0, 0.1) is 0 Å². The fourth-order valence-electron chi connectivity index (χ4n) is 11.9. The number of nitrogens with zero attached hydrogens (tertiary/aromatic N) is 1. The van der Waals surface area contributed by atoms with Gasteiger partial charge in [0, 0.05) is 38.8 Å². The summed E-state index contributed by atoms with van der Waals surface area (Å²) in [7, 11) is 0. The number of rotatable bonds is 9. The molecule has 0 fully saturated rings. The van der Waals surface area contributed by atoms with Crippen LogP contribution < -0.4 is 4.90 Å². The zero-order valence-corrected chi connectivity index (χ0v) is 40.0. The number of fused-ring (bicyclic) bond motifs is 8. The molecule has 14 rings (SSSR count). The van der Waals surface area contributed by atoms with E-state index in [9.17, 15) is 0 Å². The van der Waals surface area contributed by atoms with E-state index >= 15 is 0 Å². The van der Waals surface area contributed by atoms with Crippen LogP contribution in [-0.4, -0.2) is 0 Å². The molecule has 2 nitrogen and oxygen atoms in total. The monoisotopic (exact) mass is 929 g/mol. The summed E-state index contributed by atoms with van der Waals surface area (Å²) in [6, 6.07) is 104. The topological polar surface area (TPSA) is 16.4 Å². The molecule has 1 aliphatic rings. The molecular weight excluding hydrogens is 883 g/mol. The molecule has 0 saturated carbocycles. The summed E-state index contributed by atoms with van der Waals surface area (Å²) < 4.78 is 6.81. The second-order valence-corrected chi connectivity index (χ2v) is 19.1. The number of para-hydroxylation sites is 1. The maximum absolute atomic E-state index is 6.81. The van der Waals surface area contributed by atoms with Gasteiger partial charge in [-0.3, -0.25) is 0 Å².